The summed E-state index contributed by atoms with van der Waals surface area (Å²) in [6, 6.07) is 14.1. The van der Waals surface area contributed by atoms with Gasteiger partial charge in [0.25, 0.3) is 17.4 Å². The molecule has 3 rings (SSSR count). The van der Waals surface area contributed by atoms with Gasteiger partial charge < -0.3 is 10.1 Å². The SMILES string of the molecule is COC1=NC(c2ccccc2)C([N+](=O)[O-])=C(C=Cc2cccc([N+](=O)[O-])c2)N1. The van der Waals surface area contributed by atoms with Crippen LogP contribution in [0.2, 0.25) is 0 Å². The van der Waals surface area contributed by atoms with Crippen LogP contribution in [0.15, 0.2) is 77.1 Å². The van der Waals surface area contributed by atoms with Crippen molar-refractivity contribution in [3.63, 3.8) is 0 Å². The first-order valence-corrected chi connectivity index (χ1v) is 8.24. The third kappa shape index (κ3) is 4.04. The fourth-order valence-corrected chi connectivity index (χ4v) is 2.76. The van der Waals surface area contributed by atoms with Crippen molar-refractivity contribution in [2.24, 2.45) is 4.99 Å². The predicted molar refractivity (Wildman–Crippen MR) is 103 cm³/mol. The van der Waals surface area contributed by atoms with Gasteiger partial charge in [-0.1, -0.05) is 48.5 Å². The molecule has 1 heterocycles. The average Bonchev–Trinajstić information content (AvgIpc) is 2.72. The van der Waals surface area contributed by atoms with Gasteiger partial charge in [0.1, 0.15) is 5.70 Å². The van der Waals surface area contributed by atoms with Gasteiger partial charge in [-0.3, -0.25) is 20.2 Å². The molecule has 0 radical (unpaired) electrons. The maximum absolute atomic E-state index is 11.8. The molecule has 0 aromatic heterocycles. The Morgan fingerprint density at radius 2 is 1.79 bits per heavy atom. The highest BCUT2D eigenvalue weighted by molar-refractivity contribution is 5.79. The van der Waals surface area contributed by atoms with E-state index in [-0.39, 0.29) is 23.1 Å². The van der Waals surface area contributed by atoms with E-state index in [1.807, 2.05) is 6.07 Å². The molecule has 28 heavy (non-hydrogen) atoms. The summed E-state index contributed by atoms with van der Waals surface area (Å²) < 4.78 is 5.16. The van der Waals surface area contributed by atoms with Crippen LogP contribution in [0, 0.1) is 20.2 Å². The van der Waals surface area contributed by atoms with Crippen LogP contribution >= 0.6 is 0 Å². The molecule has 9 nitrogen and oxygen atoms in total. The number of nitro benzene ring substituents is 1. The second-order valence-corrected chi connectivity index (χ2v) is 5.82. The summed E-state index contributed by atoms with van der Waals surface area (Å²) >= 11 is 0. The monoisotopic (exact) mass is 380 g/mol. The Hall–Kier alpha value is -4.01. The number of ether oxygens (including phenoxy) is 1. The van der Waals surface area contributed by atoms with Crippen LogP contribution in [0.25, 0.3) is 6.08 Å². The maximum atomic E-state index is 11.8. The number of hydrogen-bond donors (Lipinski definition) is 1. The quantitative estimate of drug-likeness (QED) is 0.627. The summed E-state index contributed by atoms with van der Waals surface area (Å²) in [6.07, 6.45) is 3.04. The molecule has 2 aromatic rings. The van der Waals surface area contributed by atoms with Crippen molar-refractivity contribution in [3.8, 4) is 0 Å². The van der Waals surface area contributed by atoms with Crippen LogP contribution < -0.4 is 5.32 Å². The Labute approximate surface area is 160 Å². The zero-order chi connectivity index (χ0) is 20.1. The third-order valence-corrected chi connectivity index (χ3v) is 4.05. The molecule has 142 valence electrons. The molecule has 0 saturated carbocycles. The Kier molecular flexibility index (Phi) is 5.45. The van der Waals surface area contributed by atoms with E-state index in [4.69, 9.17) is 4.74 Å². The highest BCUT2D eigenvalue weighted by atomic mass is 16.6. The number of benzene rings is 2. The molecule has 0 amide bonds. The zero-order valence-corrected chi connectivity index (χ0v) is 14.8. The molecular weight excluding hydrogens is 364 g/mol. The Balaban J connectivity index is 2.04. The lowest BCUT2D eigenvalue weighted by atomic mass is 10.0. The molecule has 1 aliphatic rings. The molecule has 0 aliphatic carbocycles. The van der Waals surface area contributed by atoms with E-state index in [2.05, 4.69) is 10.3 Å². The number of aliphatic imine (C=N–C) groups is 1. The van der Waals surface area contributed by atoms with E-state index in [0.717, 1.165) is 0 Å². The van der Waals surface area contributed by atoms with Gasteiger partial charge >= 0.3 is 0 Å². The van der Waals surface area contributed by atoms with Crippen LogP contribution in [0.5, 0.6) is 0 Å². The smallest absolute Gasteiger partial charge is 0.298 e. The first-order chi connectivity index (χ1) is 13.5. The molecule has 1 atom stereocenters. The number of nitrogens with zero attached hydrogens (tertiary/aromatic N) is 3. The number of methoxy groups -OCH3 is 1. The van der Waals surface area contributed by atoms with Crippen molar-refractivity contribution in [1.82, 2.24) is 5.32 Å². The third-order valence-electron chi connectivity index (χ3n) is 4.05. The predicted octanol–water partition coefficient (Wildman–Crippen LogP) is 3.44. The van der Waals surface area contributed by atoms with Gasteiger partial charge in [-0.2, -0.15) is 0 Å². The molecule has 0 spiro atoms. The highest BCUT2D eigenvalue weighted by Crippen LogP contribution is 2.31. The number of allylic oxidation sites excluding steroid dienone is 1. The van der Waals surface area contributed by atoms with Crippen LogP contribution in [-0.4, -0.2) is 23.0 Å². The molecule has 0 saturated heterocycles. The van der Waals surface area contributed by atoms with Crippen molar-refractivity contribution in [2.45, 2.75) is 6.04 Å². The lowest BCUT2D eigenvalue weighted by molar-refractivity contribution is -0.431. The fraction of sp³-hybridized carbons (Fsp3) is 0.105. The Morgan fingerprint density at radius 1 is 1.04 bits per heavy atom. The number of nitro groups is 2. The molecule has 1 aliphatic heterocycles. The first kappa shape index (κ1) is 18.8. The normalized spacial score (nSPS) is 16.5. The van der Waals surface area contributed by atoms with Gasteiger partial charge in [-0.15, -0.1) is 0 Å². The van der Waals surface area contributed by atoms with Gasteiger partial charge in [0.15, 0.2) is 6.04 Å². The van der Waals surface area contributed by atoms with Crippen molar-refractivity contribution < 1.29 is 14.6 Å². The highest BCUT2D eigenvalue weighted by Gasteiger charge is 2.34. The van der Waals surface area contributed by atoms with Gasteiger partial charge in [0, 0.05) is 12.1 Å². The van der Waals surface area contributed by atoms with Crippen LogP contribution in [-0.2, 0) is 4.74 Å². The Morgan fingerprint density at radius 3 is 2.43 bits per heavy atom. The standard InChI is InChI=1S/C19H16N4O5/c1-28-19-20-16(11-10-13-6-5-9-15(12-13)22(24)25)18(23(26)27)17(21-19)14-7-3-2-4-8-14/h2-12,17H,1H3,(H,20,21). The molecule has 1 N–H and O–H groups in total. The van der Waals surface area contributed by atoms with Crippen molar-refractivity contribution in [2.75, 3.05) is 7.11 Å². The van der Waals surface area contributed by atoms with Crippen LogP contribution in [0.4, 0.5) is 5.69 Å². The molecule has 0 fully saturated rings. The zero-order valence-electron chi connectivity index (χ0n) is 14.8. The van der Waals surface area contributed by atoms with Gasteiger partial charge in [-0.05, 0) is 17.2 Å². The van der Waals surface area contributed by atoms with Crippen molar-refractivity contribution in [1.29, 1.82) is 0 Å². The van der Waals surface area contributed by atoms with E-state index in [1.165, 1.54) is 25.3 Å². The van der Waals surface area contributed by atoms with Gasteiger partial charge in [0.2, 0.25) is 0 Å². The summed E-state index contributed by atoms with van der Waals surface area (Å²) in [5.41, 5.74) is 1.16. The average molecular weight is 380 g/mol. The van der Waals surface area contributed by atoms with Crippen molar-refractivity contribution >= 4 is 17.8 Å². The topological polar surface area (TPSA) is 120 Å². The molecule has 2 aromatic carbocycles. The number of amidine groups is 1. The second kappa shape index (κ2) is 8.12. The number of non-ortho nitro benzene ring substituents is 1. The summed E-state index contributed by atoms with van der Waals surface area (Å²) in [6.45, 7) is 0. The number of rotatable bonds is 5. The van der Waals surface area contributed by atoms with Gasteiger partial charge in [-0.25, -0.2) is 4.99 Å². The lowest BCUT2D eigenvalue weighted by Gasteiger charge is -2.20. The van der Waals surface area contributed by atoms with E-state index in [0.29, 0.717) is 11.1 Å². The molecule has 1 unspecified atom stereocenters. The van der Waals surface area contributed by atoms with E-state index in [9.17, 15) is 20.2 Å². The maximum Gasteiger partial charge on any atom is 0.298 e. The first-order valence-electron chi connectivity index (χ1n) is 8.24. The van der Waals surface area contributed by atoms with Gasteiger partial charge in [0.05, 0.1) is 17.0 Å². The lowest BCUT2D eigenvalue weighted by Crippen LogP contribution is -2.32. The van der Waals surface area contributed by atoms with Crippen LogP contribution in [0.3, 0.4) is 0 Å². The fourth-order valence-electron chi connectivity index (χ4n) is 2.76. The second-order valence-electron chi connectivity index (χ2n) is 5.82. The van der Waals surface area contributed by atoms with E-state index >= 15 is 0 Å². The minimum absolute atomic E-state index is 0.0662. The summed E-state index contributed by atoms with van der Waals surface area (Å²) in [5, 5.41) is 25.5. The summed E-state index contributed by atoms with van der Waals surface area (Å²) in [7, 11) is 1.41. The number of hydrogen-bond acceptors (Lipinski definition) is 7. The summed E-state index contributed by atoms with van der Waals surface area (Å²) in [5.74, 6) is 0. The van der Waals surface area contributed by atoms with Crippen LogP contribution in [0.1, 0.15) is 17.2 Å². The largest absolute Gasteiger partial charge is 0.468 e. The molecular formula is C19H16N4O5. The van der Waals surface area contributed by atoms with E-state index < -0.39 is 15.9 Å². The Bertz CT molecular complexity index is 998. The molecule has 0 bridgehead atoms. The minimum Gasteiger partial charge on any atom is -0.468 e. The minimum atomic E-state index is -0.850. The van der Waals surface area contributed by atoms with E-state index in [1.54, 1.807) is 42.5 Å². The number of nitrogens with one attached hydrogen (secondary N) is 1. The molecule has 9 heteroatoms. The summed E-state index contributed by atoms with van der Waals surface area (Å²) in [4.78, 5) is 26.0. The van der Waals surface area contributed by atoms with Crippen molar-refractivity contribution in [3.05, 3.63) is 103 Å².